The Balaban J connectivity index is 1.32. The molecule has 8 heteroatoms. The van der Waals surface area contributed by atoms with Crippen molar-refractivity contribution in [2.75, 3.05) is 26.4 Å². The predicted octanol–water partition coefficient (Wildman–Crippen LogP) is 8.65. The largest absolute Gasteiger partial charge is 0.462 e. The van der Waals surface area contributed by atoms with Crippen LogP contribution in [0.1, 0.15) is 73.9 Å². The zero-order valence-corrected chi connectivity index (χ0v) is 32.2. The van der Waals surface area contributed by atoms with Crippen molar-refractivity contribution in [2.45, 2.75) is 71.5 Å². The van der Waals surface area contributed by atoms with Gasteiger partial charge in [0.15, 0.2) is 0 Å². The highest BCUT2D eigenvalue weighted by Crippen LogP contribution is 2.29. The van der Waals surface area contributed by atoms with Crippen molar-refractivity contribution >= 4 is 17.5 Å². The first-order valence-corrected chi connectivity index (χ1v) is 18.9. The summed E-state index contributed by atoms with van der Waals surface area (Å²) in [5, 5.41) is 36.7. The molecule has 2 atom stereocenters. The molecular formula is C47H54O8. The van der Waals surface area contributed by atoms with Gasteiger partial charge in [0, 0.05) is 5.57 Å². The lowest BCUT2D eigenvalue weighted by Gasteiger charge is -2.10. The van der Waals surface area contributed by atoms with Crippen LogP contribution in [0.3, 0.4) is 0 Å². The average Bonchev–Trinajstić information content (AvgIpc) is 3.20. The number of rotatable bonds is 20. The number of carbonyl (C=O) groups is 2. The summed E-state index contributed by atoms with van der Waals surface area (Å²) in [5.74, 6) is -0.759. The molecule has 0 heterocycles. The van der Waals surface area contributed by atoms with Gasteiger partial charge in [0.25, 0.3) is 0 Å². The lowest BCUT2D eigenvalue weighted by molar-refractivity contribution is -0.139. The number of carbonyl (C=O) groups excluding carboxylic acids is 2. The van der Waals surface area contributed by atoms with Crippen LogP contribution < -0.4 is 0 Å². The van der Waals surface area contributed by atoms with Crippen LogP contribution in [0.4, 0.5) is 0 Å². The number of aliphatic hydroxyl groups excluding tert-OH is 4. The molecule has 290 valence electrons. The summed E-state index contributed by atoms with van der Waals surface area (Å²) in [7, 11) is 0. The molecule has 0 spiro atoms. The maximum atomic E-state index is 12.8. The fourth-order valence-electron chi connectivity index (χ4n) is 6.13. The van der Waals surface area contributed by atoms with Crippen molar-refractivity contribution in [3.8, 4) is 33.4 Å². The molecule has 0 aliphatic heterocycles. The van der Waals surface area contributed by atoms with Gasteiger partial charge >= 0.3 is 11.9 Å². The second kappa shape index (κ2) is 21.7. The third kappa shape index (κ3) is 13.6. The number of aryl methyl sites for hydroxylation is 1. The minimum absolute atomic E-state index is 0.260. The molecule has 55 heavy (non-hydrogen) atoms. The van der Waals surface area contributed by atoms with E-state index in [0.717, 1.165) is 55.7 Å². The molecule has 0 aliphatic rings. The zero-order valence-electron chi connectivity index (χ0n) is 32.2. The van der Waals surface area contributed by atoms with Crippen LogP contribution in [0.25, 0.3) is 39.0 Å². The highest BCUT2D eigenvalue weighted by molar-refractivity contribution is 5.91. The Kier molecular flexibility index (Phi) is 16.8. The monoisotopic (exact) mass is 746 g/mol. The third-order valence-corrected chi connectivity index (χ3v) is 9.26. The van der Waals surface area contributed by atoms with Crippen LogP contribution in [0.15, 0.2) is 121 Å². The molecule has 8 nitrogen and oxygen atoms in total. The van der Waals surface area contributed by atoms with Crippen LogP contribution >= 0.6 is 0 Å². The van der Waals surface area contributed by atoms with Crippen LogP contribution in [0.2, 0.25) is 0 Å². The summed E-state index contributed by atoms with van der Waals surface area (Å²) in [6.45, 7) is 9.82. The average molecular weight is 747 g/mol. The van der Waals surface area contributed by atoms with E-state index < -0.39 is 12.2 Å². The van der Waals surface area contributed by atoms with E-state index in [0.29, 0.717) is 49.7 Å². The molecule has 0 radical (unpaired) electrons. The molecular weight excluding hydrogens is 693 g/mol. The molecule has 4 aromatic carbocycles. The maximum Gasteiger partial charge on any atom is 0.338 e. The fourth-order valence-corrected chi connectivity index (χ4v) is 6.13. The van der Waals surface area contributed by atoms with E-state index in [-0.39, 0.29) is 38.4 Å². The van der Waals surface area contributed by atoms with Gasteiger partial charge < -0.3 is 29.9 Å². The summed E-state index contributed by atoms with van der Waals surface area (Å²) < 4.78 is 10.8. The summed E-state index contributed by atoms with van der Waals surface area (Å²) in [4.78, 5) is 25.1. The second-order valence-corrected chi connectivity index (χ2v) is 14.0. The Bertz CT molecular complexity index is 1920. The topological polar surface area (TPSA) is 134 Å². The minimum Gasteiger partial charge on any atom is -0.462 e. The first-order valence-electron chi connectivity index (χ1n) is 18.9. The third-order valence-electron chi connectivity index (χ3n) is 9.26. The van der Waals surface area contributed by atoms with Crippen molar-refractivity contribution in [2.24, 2.45) is 0 Å². The molecule has 0 saturated carbocycles. The van der Waals surface area contributed by atoms with Crippen LogP contribution in [0.5, 0.6) is 0 Å². The number of unbranched alkanes of at least 4 members (excludes halogenated alkanes) is 2. The molecule has 4 aromatic rings. The zero-order chi connectivity index (χ0) is 39.7. The number of ether oxygens (including phenoxy) is 2. The van der Waals surface area contributed by atoms with Gasteiger partial charge in [0.2, 0.25) is 0 Å². The summed E-state index contributed by atoms with van der Waals surface area (Å²) >= 11 is 0. The van der Waals surface area contributed by atoms with Crippen molar-refractivity contribution in [3.05, 3.63) is 138 Å². The van der Waals surface area contributed by atoms with Crippen molar-refractivity contribution < 1.29 is 39.5 Å². The number of allylic oxidation sites excluding steroid dienone is 4. The quantitative estimate of drug-likeness (QED) is 0.0306. The molecule has 0 bridgehead atoms. The van der Waals surface area contributed by atoms with E-state index in [1.807, 2.05) is 50.3 Å². The molecule has 0 aromatic heterocycles. The summed E-state index contributed by atoms with van der Waals surface area (Å²) in [6, 6.07) is 30.6. The van der Waals surface area contributed by atoms with Gasteiger partial charge in [-0.25, -0.2) is 9.59 Å². The van der Waals surface area contributed by atoms with Gasteiger partial charge in [0.1, 0.15) is 0 Å². The number of hydrogen-bond acceptors (Lipinski definition) is 8. The van der Waals surface area contributed by atoms with Gasteiger partial charge in [0.05, 0.1) is 44.2 Å². The lowest BCUT2D eigenvalue weighted by Crippen LogP contribution is -2.12. The van der Waals surface area contributed by atoms with Crippen LogP contribution in [-0.4, -0.2) is 71.0 Å². The van der Waals surface area contributed by atoms with Crippen molar-refractivity contribution in [1.29, 1.82) is 0 Å². The van der Waals surface area contributed by atoms with E-state index in [2.05, 4.69) is 67.2 Å². The van der Waals surface area contributed by atoms with Crippen molar-refractivity contribution in [1.82, 2.24) is 0 Å². The molecule has 4 N–H and O–H groups in total. The van der Waals surface area contributed by atoms with E-state index >= 15 is 0 Å². The SMILES string of the molecule is C=C(/C=C(C)\C=C(/C)C(=O)OCCCCC(O)CO)c1ccc(-c2ccc(-c3ccc(-c4cc(C)cc(C(=O)OCCCCC(O)CO)c4)cc3)cc2)cc1. The first-order chi connectivity index (χ1) is 26.5. The molecule has 0 saturated heterocycles. The number of benzene rings is 4. The molecule has 0 fully saturated rings. The smallest absolute Gasteiger partial charge is 0.338 e. The first kappa shape index (κ1) is 42.6. The van der Waals surface area contributed by atoms with Crippen LogP contribution in [0, 0.1) is 6.92 Å². The van der Waals surface area contributed by atoms with Gasteiger partial charge in [-0.3, -0.25) is 0 Å². The highest BCUT2D eigenvalue weighted by Gasteiger charge is 2.12. The summed E-state index contributed by atoms with van der Waals surface area (Å²) in [6.07, 6.45) is 5.78. The minimum atomic E-state index is -0.734. The number of esters is 2. The highest BCUT2D eigenvalue weighted by atomic mass is 16.5. The Morgan fingerprint density at radius 2 is 1.07 bits per heavy atom. The number of aliphatic hydroxyl groups is 4. The molecule has 4 rings (SSSR count). The van der Waals surface area contributed by atoms with E-state index in [4.69, 9.17) is 19.7 Å². The fraction of sp³-hybridized carbons (Fsp3) is 0.319. The molecule has 0 aliphatic carbocycles. The Labute approximate surface area is 325 Å². The Hall–Kier alpha value is -5.12. The molecule has 0 amide bonds. The second-order valence-electron chi connectivity index (χ2n) is 14.0. The van der Waals surface area contributed by atoms with Crippen LogP contribution in [-0.2, 0) is 14.3 Å². The van der Waals surface area contributed by atoms with E-state index in [9.17, 15) is 19.8 Å². The number of hydrogen-bond donors (Lipinski definition) is 4. The predicted molar refractivity (Wildman–Crippen MR) is 219 cm³/mol. The maximum absolute atomic E-state index is 12.8. The summed E-state index contributed by atoms with van der Waals surface area (Å²) in [5.41, 5.74) is 10.9. The normalized spacial score (nSPS) is 12.9. The van der Waals surface area contributed by atoms with Crippen molar-refractivity contribution in [3.63, 3.8) is 0 Å². The lowest BCUT2D eigenvalue weighted by atomic mass is 9.96. The Morgan fingerprint density at radius 3 is 1.56 bits per heavy atom. The van der Waals surface area contributed by atoms with Gasteiger partial charge in [-0.1, -0.05) is 97.1 Å². The van der Waals surface area contributed by atoms with Gasteiger partial charge in [-0.05, 0) is 128 Å². The van der Waals surface area contributed by atoms with Gasteiger partial charge in [-0.2, -0.15) is 0 Å². The van der Waals surface area contributed by atoms with E-state index in [1.165, 1.54) is 0 Å². The van der Waals surface area contributed by atoms with E-state index in [1.54, 1.807) is 13.0 Å². The van der Waals surface area contributed by atoms with Gasteiger partial charge in [-0.15, -0.1) is 0 Å². The standard InChI is InChI=1S/C47H54O8/c1-32(26-35(4)46(52)54-23-7-5-9-44(50)30-48)25-34(3)36-11-13-37(14-12-36)38-15-17-39(18-16-38)40-19-21-41(22-20-40)42-27-33(2)28-43(29-42)47(53)55-24-8-6-10-45(51)31-49/h11-22,25-29,44-45,48-51H,3,5-10,23-24,30-31H2,1-2,4H3/b32-25-,35-26+. The Morgan fingerprint density at radius 1 is 0.618 bits per heavy atom. The molecule has 2 unspecified atom stereocenters.